The molecule has 7 heteroatoms. The number of amides is 2. The Morgan fingerprint density at radius 3 is 2.59 bits per heavy atom. The van der Waals surface area contributed by atoms with Crippen molar-refractivity contribution < 1.29 is 14.3 Å². The lowest BCUT2D eigenvalue weighted by Crippen LogP contribution is -2.52. The van der Waals surface area contributed by atoms with Crippen LogP contribution in [0.3, 0.4) is 0 Å². The summed E-state index contributed by atoms with van der Waals surface area (Å²) in [6.45, 7) is 1.94. The highest BCUT2D eigenvalue weighted by atomic mass is 35.5. The van der Waals surface area contributed by atoms with E-state index in [0.29, 0.717) is 35.0 Å². The Morgan fingerprint density at radius 1 is 1.15 bits per heavy atom. The number of methoxy groups -OCH3 is 1. The molecule has 2 amide bonds. The fourth-order valence-electron chi connectivity index (χ4n) is 5.19. The molecule has 1 spiro atoms. The summed E-state index contributed by atoms with van der Waals surface area (Å²) in [7, 11) is 1.59. The molecule has 2 aliphatic rings. The van der Waals surface area contributed by atoms with Gasteiger partial charge in [-0.2, -0.15) is 0 Å². The standard InChI is InChI=1S/C27H26ClN3O3/c1-16-12-21-24(23(28)13-16)30-26(33)27(21)22(15-19(31-27)14-17-6-4-3-5-7-17)25(32)29-18-8-10-20(34-2)11-9-18/h3-13,19,22,31H,14-15H2,1-2H3,(H,29,32)(H,30,33)/t19-,22+,27-/m1/s1. The van der Waals surface area contributed by atoms with E-state index < -0.39 is 11.5 Å². The first kappa shape index (κ1) is 22.4. The summed E-state index contributed by atoms with van der Waals surface area (Å²) < 4.78 is 5.21. The zero-order valence-electron chi connectivity index (χ0n) is 19.0. The zero-order valence-corrected chi connectivity index (χ0v) is 19.8. The second-order valence-electron chi connectivity index (χ2n) is 8.97. The lowest BCUT2D eigenvalue weighted by Gasteiger charge is -2.29. The number of carbonyl (C=O) groups is 2. The maximum absolute atomic E-state index is 13.7. The highest BCUT2D eigenvalue weighted by molar-refractivity contribution is 6.35. The summed E-state index contributed by atoms with van der Waals surface area (Å²) in [5.41, 5.74) is 2.84. The quantitative estimate of drug-likeness (QED) is 0.501. The van der Waals surface area contributed by atoms with Crippen molar-refractivity contribution in [2.75, 3.05) is 17.7 Å². The maximum Gasteiger partial charge on any atom is 0.250 e. The van der Waals surface area contributed by atoms with Crippen LogP contribution in [0.2, 0.25) is 5.02 Å². The Balaban J connectivity index is 1.52. The van der Waals surface area contributed by atoms with E-state index in [4.69, 9.17) is 16.3 Å². The molecule has 0 bridgehead atoms. The van der Waals surface area contributed by atoms with Crippen LogP contribution in [-0.2, 0) is 21.5 Å². The third-order valence-corrected chi connectivity index (χ3v) is 7.03. The Bertz CT molecular complexity index is 1250. The number of fused-ring (bicyclic) bond motifs is 2. The van der Waals surface area contributed by atoms with Gasteiger partial charge in [-0.15, -0.1) is 0 Å². The second-order valence-corrected chi connectivity index (χ2v) is 9.38. The van der Waals surface area contributed by atoms with Crippen molar-refractivity contribution in [2.45, 2.75) is 31.3 Å². The van der Waals surface area contributed by atoms with E-state index in [0.717, 1.165) is 16.7 Å². The number of ether oxygens (including phenoxy) is 1. The molecule has 6 nitrogen and oxygen atoms in total. The minimum atomic E-state index is -1.19. The Labute approximate surface area is 203 Å². The number of nitrogens with one attached hydrogen (secondary N) is 3. The number of aryl methyl sites for hydroxylation is 1. The fourth-order valence-corrected chi connectivity index (χ4v) is 5.51. The highest BCUT2D eigenvalue weighted by Crippen LogP contribution is 2.50. The Morgan fingerprint density at radius 2 is 1.88 bits per heavy atom. The maximum atomic E-state index is 13.7. The van der Waals surface area contributed by atoms with Gasteiger partial charge < -0.3 is 15.4 Å². The fraction of sp³-hybridized carbons (Fsp3) is 0.259. The summed E-state index contributed by atoms with van der Waals surface area (Å²) in [6, 6.07) is 20.9. The lowest BCUT2D eigenvalue weighted by atomic mass is 9.79. The van der Waals surface area contributed by atoms with Crippen LogP contribution >= 0.6 is 11.6 Å². The molecule has 5 rings (SSSR count). The Hall–Kier alpha value is -3.35. The predicted molar refractivity (Wildman–Crippen MR) is 133 cm³/mol. The van der Waals surface area contributed by atoms with Crippen LogP contribution in [0.1, 0.15) is 23.1 Å². The van der Waals surface area contributed by atoms with Crippen molar-refractivity contribution in [3.05, 3.63) is 88.4 Å². The molecule has 1 saturated heterocycles. The van der Waals surface area contributed by atoms with Gasteiger partial charge in [0.2, 0.25) is 11.8 Å². The van der Waals surface area contributed by atoms with Gasteiger partial charge in [0.15, 0.2) is 0 Å². The van der Waals surface area contributed by atoms with Crippen LogP contribution in [0.4, 0.5) is 11.4 Å². The van der Waals surface area contributed by atoms with E-state index in [-0.39, 0.29) is 17.9 Å². The lowest BCUT2D eigenvalue weighted by molar-refractivity contribution is -0.130. The molecule has 34 heavy (non-hydrogen) atoms. The molecule has 174 valence electrons. The van der Waals surface area contributed by atoms with Gasteiger partial charge in [-0.05, 0) is 61.2 Å². The van der Waals surface area contributed by atoms with Crippen molar-refractivity contribution >= 4 is 34.8 Å². The molecule has 1 fully saturated rings. The van der Waals surface area contributed by atoms with Crippen LogP contribution in [0.15, 0.2) is 66.7 Å². The van der Waals surface area contributed by atoms with Crippen molar-refractivity contribution in [2.24, 2.45) is 5.92 Å². The number of benzene rings is 3. The molecule has 3 aromatic carbocycles. The van der Waals surface area contributed by atoms with Crippen LogP contribution in [0.5, 0.6) is 5.75 Å². The molecule has 2 aliphatic heterocycles. The van der Waals surface area contributed by atoms with E-state index in [1.54, 1.807) is 31.4 Å². The number of anilines is 2. The molecular weight excluding hydrogens is 450 g/mol. The number of hydrogen-bond donors (Lipinski definition) is 3. The van der Waals surface area contributed by atoms with E-state index in [1.165, 1.54) is 0 Å². The van der Waals surface area contributed by atoms with Gasteiger partial charge in [0.25, 0.3) is 0 Å². The van der Waals surface area contributed by atoms with Crippen molar-refractivity contribution in [3.63, 3.8) is 0 Å². The monoisotopic (exact) mass is 475 g/mol. The van der Waals surface area contributed by atoms with Crippen molar-refractivity contribution in [1.82, 2.24) is 5.32 Å². The summed E-state index contributed by atoms with van der Waals surface area (Å²) in [5.74, 6) is -0.383. The molecule has 0 radical (unpaired) electrons. The third kappa shape index (κ3) is 3.83. The molecule has 0 aliphatic carbocycles. The molecule has 3 atom stereocenters. The third-order valence-electron chi connectivity index (χ3n) is 6.73. The Kier molecular flexibility index (Phi) is 5.80. The molecule has 0 saturated carbocycles. The average molecular weight is 476 g/mol. The molecule has 0 unspecified atom stereocenters. The van der Waals surface area contributed by atoms with Crippen LogP contribution in [-0.4, -0.2) is 25.0 Å². The van der Waals surface area contributed by atoms with Crippen LogP contribution in [0, 0.1) is 12.8 Å². The van der Waals surface area contributed by atoms with E-state index in [9.17, 15) is 9.59 Å². The van der Waals surface area contributed by atoms with Gasteiger partial charge >= 0.3 is 0 Å². The van der Waals surface area contributed by atoms with E-state index in [2.05, 4.69) is 28.1 Å². The summed E-state index contributed by atoms with van der Waals surface area (Å²) in [6.07, 6.45) is 1.21. The SMILES string of the molecule is COc1ccc(NC(=O)[C@@H]2C[C@@H](Cc3ccccc3)N[C@@]23C(=O)Nc2c(Cl)cc(C)cc23)cc1. The van der Waals surface area contributed by atoms with Crippen LogP contribution < -0.4 is 20.7 Å². The topological polar surface area (TPSA) is 79.5 Å². The smallest absolute Gasteiger partial charge is 0.250 e. The molecular formula is C27H26ClN3O3. The van der Waals surface area contributed by atoms with Gasteiger partial charge in [-0.1, -0.05) is 48.0 Å². The molecule has 2 heterocycles. The van der Waals surface area contributed by atoms with Gasteiger partial charge in [0.05, 0.1) is 23.7 Å². The first-order chi connectivity index (χ1) is 16.4. The first-order valence-corrected chi connectivity index (χ1v) is 11.7. The summed E-state index contributed by atoms with van der Waals surface area (Å²) in [5, 5.41) is 9.98. The number of halogens is 1. The minimum absolute atomic E-state index is 0.0648. The number of rotatable bonds is 5. The van der Waals surface area contributed by atoms with Crippen LogP contribution in [0.25, 0.3) is 0 Å². The number of hydrogen-bond acceptors (Lipinski definition) is 4. The van der Waals surface area contributed by atoms with E-state index in [1.807, 2.05) is 37.3 Å². The van der Waals surface area contributed by atoms with Crippen molar-refractivity contribution in [1.29, 1.82) is 0 Å². The zero-order chi connectivity index (χ0) is 23.9. The average Bonchev–Trinajstić information content (AvgIpc) is 3.34. The van der Waals surface area contributed by atoms with Gasteiger partial charge in [-0.25, -0.2) is 0 Å². The van der Waals surface area contributed by atoms with E-state index >= 15 is 0 Å². The summed E-state index contributed by atoms with van der Waals surface area (Å²) in [4.78, 5) is 27.2. The second kappa shape index (κ2) is 8.78. The summed E-state index contributed by atoms with van der Waals surface area (Å²) >= 11 is 6.50. The first-order valence-electron chi connectivity index (χ1n) is 11.3. The largest absolute Gasteiger partial charge is 0.497 e. The van der Waals surface area contributed by atoms with Crippen molar-refractivity contribution in [3.8, 4) is 5.75 Å². The van der Waals surface area contributed by atoms with Gasteiger partial charge in [0.1, 0.15) is 11.3 Å². The van der Waals surface area contributed by atoms with Gasteiger partial charge in [-0.3, -0.25) is 14.9 Å². The number of carbonyl (C=O) groups excluding carboxylic acids is 2. The van der Waals surface area contributed by atoms with Gasteiger partial charge in [0, 0.05) is 17.3 Å². The molecule has 3 N–H and O–H groups in total. The molecule has 0 aromatic heterocycles. The highest BCUT2D eigenvalue weighted by Gasteiger charge is 2.60. The normalized spacial score (nSPS) is 23.0. The predicted octanol–water partition coefficient (Wildman–Crippen LogP) is 4.66. The molecule has 3 aromatic rings. The minimum Gasteiger partial charge on any atom is -0.497 e.